The van der Waals surface area contributed by atoms with Crippen LogP contribution in [0.25, 0.3) is 0 Å². The number of ether oxygens (including phenoxy) is 2. The van der Waals surface area contributed by atoms with Gasteiger partial charge in [0.05, 0.1) is 7.11 Å². The van der Waals surface area contributed by atoms with Gasteiger partial charge in [-0.05, 0) is 35.4 Å². The van der Waals surface area contributed by atoms with E-state index < -0.39 is 0 Å². The summed E-state index contributed by atoms with van der Waals surface area (Å²) < 4.78 is 10.5. The molecule has 2 aromatic rings. The van der Waals surface area contributed by atoms with E-state index in [9.17, 15) is 0 Å². The minimum atomic E-state index is 0.0701. The summed E-state index contributed by atoms with van der Waals surface area (Å²) in [6, 6.07) is 17.7. The fourth-order valence-electron chi connectivity index (χ4n) is 1.99. The Kier molecular flexibility index (Phi) is 5.62. The minimum absolute atomic E-state index is 0.0701. The predicted octanol–water partition coefficient (Wildman–Crippen LogP) is 2.89. The highest BCUT2D eigenvalue weighted by atomic mass is 16.5. The van der Waals surface area contributed by atoms with Gasteiger partial charge in [-0.2, -0.15) is 5.26 Å². The second-order valence-electron chi connectivity index (χ2n) is 4.55. The lowest BCUT2D eigenvalue weighted by molar-refractivity contribution is 0.367. The van der Waals surface area contributed by atoms with E-state index in [2.05, 4.69) is 11.4 Å². The third kappa shape index (κ3) is 4.83. The summed E-state index contributed by atoms with van der Waals surface area (Å²) in [4.78, 5) is 0. The van der Waals surface area contributed by atoms with Gasteiger partial charge in [0, 0.05) is 13.1 Å². The van der Waals surface area contributed by atoms with Crippen LogP contribution in [-0.4, -0.2) is 13.7 Å². The first kappa shape index (κ1) is 14.9. The fraction of sp³-hybridized carbons (Fsp3) is 0.235. The lowest BCUT2D eigenvalue weighted by Crippen LogP contribution is -2.12. The van der Waals surface area contributed by atoms with Crippen LogP contribution in [0.2, 0.25) is 0 Å². The number of nitrogens with zero attached hydrogens (tertiary/aromatic N) is 1. The molecule has 0 fully saturated rings. The van der Waals surface area contributed by atoms with E-state index in [1.165, 1.54) is 5.56 Å². The van der Waals surface area contributed by atoms with E-state index >= 15 is 0 Å². The smallest absolute Gasteiger partial charge is 0.174 e. The van der Waals surface area contributed by atoms with Gasteiger partial charge in [-0.1, -0.05) is 24.3 Å². The maximum Gasteiger partial charge on any atom is 0.174 e. The van der Waals surface area contributed by atoms with Gasteiger partial charge < -0.3 is 14.8 Å². The highest BCUT2D eigenvalue weighted by Gasteiger charge is 1.99. The molecule has 0 saturated heterocycles. The molecule has 2 rings (SSSR count). The average molecular weight is 282 g/mol. The molecule has 0 saturated carbocycles. The van der Waals surface area contributed by atoms with Crippen LogP contribution in [0, 0.1) is 11.3 Å². The van der Waals surface area contributed by atoms with Gasteiger partial charge >= 0.3 is 0 Å². The van der Waals surface area contributed by atoms with E-state index in [0.29, 0.717) is 0 Å². The van der Waals surface area contributed by atoms with Crippen molar-refractivity contribution >= 4 is 0 Å². The summed E-state index contributed by atoms with van der Waals surface area (Å²) in [6.07, 6.45) is 0. The predicted molar refractivity (Wildman–Crippen MR) is 81.1 cm³/mol. The number of nitriles is 1. The topological polar surface area (TPSA) is 54.3 Å². The first-order valence-electron chi connectivity index (χ1n) is 6.74. The summed E-state index contributed by atoms with van der Waals surface area (Å²) in [5, 5.41) is 11.9. The number of rotatable bonds is 7. The Morgan fingerprint density at radius 1 is 1.00 bits per heavy atom. The van der Waals surface area contributed by atoms with Crippen molar-refractivity contribution in [3.8, 4) is 17.6 Å². The van der Waals surface area contributed by atoms with E-state index in [0.717, 1.165) is 30.2 Å². The van der Waals surface area contributed by atoms with Crippen molar-refractivity contribution in [1.29, 1.82) is 5.26 Å². The molecule has 0 bridgehead atoms. The Hall–Kier alpha value is -2.51. The van der Waals surface area contributed by atoms with E-state index in [-0.39, 0.29) is 6.61 Å². The summed E-state index contributed by atoms with van der Waals surface area (Å²) >= 11 is 0. The van der Waals surface area contributed by atoms with Crippen molar-refractivity contribution < 1.29 is 9.47 Å². The second kappa shape index (κ2) is 7.93. The maximum absolute atomic E-state index is 8.51. The van der Waals surface area contributed by atoms with Crippen molar-refractivity contribution in [2.45, 2.75) is 13.1 Å². The Balaban J connectivity index is 1.86. The third-order valence-corrected chi connectivity index (χ3v) is 2.99. The number of nitrogens with one attached hydrogen (secondary N) is 1. The molecule has 21 heavy (non-hydrogen) atoms. The van der Waals surface area contributed by atoms with Crippen molar-refractivity contribution in [2.24, 2.45) is 0 Å². The average Bonchev–Trinajstić information content (AvgIpc) is 2.53. The molecule has 0 radical (unpaired) electrons. The minimum Gasteiger partial charge on any atom is -0.497 e. The molecule has 4 heteroatoms. The monoisotopic (exact) mass is 282 g/mol. The summed E-state index contributed by atoms with van der Waals surface area (Å²) in [5.41, 5.74) is 2.29. The molecule has 0 aromatic heterocycles. The zero-order valence-corrected chi connectivity index (χ0v) is 12.0. The normalized spacial score (nSPS) is 9.90. The zero-order chi connectivity index (χ0) is 14.9. The maximum atomic E-state index is 8.51. The van der Waals surface area contributed by atoms with Gasteiger partial charge in [0.25, 0.3) is 0 Å². The van der Waals surface area contributed by atoms with Crippen LogP contribution in [0.1, 0.15) is 11.1 Å². The highest BCUT2D eigenvalue weighted by Crippen LogP contribution is 2.14. The molecule has 0 amide bonds. The molecular formula is C17H18N2O2. The van der Waals surface area contributed by atoms with Gasteiger partial charge in [0.2, 0.25) is 0 Å². The van der Waals surface area contributed by atoms with Crippen LogP contribution in [0.4, 0.5) is 0 Å². The van der Waals surface area contributed by atoms with Crippen LogP contribution in [-0.2, 0) is 13.1 Å². The summed E-state index contributed by atoms with van der Waals surface area (Å²) in [5.74, 6) is 1.58. The van der Waals surface area contributed by atoms with Crippen LogP contribution in [0.5, 0.6) is 11.5 Å². The third-order valence-electron chi connectivity index (χ3n) is 2.99. The quantitative estimate of drug-likeness (QED) is 0.848. The van der Waals surface area contributed by atoms with Crippen molar-refractivity contribution in [1.82, 2.24) is 5.32 Å². The molecule has 4 nitrogen and oxygen atoms in total. The van der Waals surface area contributed by atoms with E-state index in [4.69, 9.17) is 14.7 Å². The molecule has 0 heterocycles. The van der Waals surface area contributed by atoms with Gasteiger partial charge in [-0.3, -0.25) is 0 Å². The lowest BCUT2D eigenvalue weighted by Gasteiger charge is -2.08. The largest absolute Gasteiger partial charge is 0.497 e. The summed E-state index contributed by atoms with van der Waals surface area (Å²) in [7, 11) is 1.67. The van der Waals surface area contributed by atoms with Gasteiger partial charge in [-0.15, -0.1) is 0 Å². The van der Waals surface area contributed by atoms with Crippen molar-refractivity contribution in [3.05, 3.63) is 59.7 Å². The standard InChI is InChI=1S/C17H18N2O2/c1-20-16-6-2-4-14(10-16)12-19-13-15-5-3-7-17(11-15)21-9-8-18/h2-7,10-11,19H,9,12-13H2,1H3. The van der Waals surface area contributed by atoms with Crippen molar-refractivity contribution in [3.63, 3.8) is 0 Å². The molecular weight excluding hydrogens is 264 g/mol. The second-order valence-corrected chi connectivity index (χ2v) is 4.55. The zero-order valence-electron chi connectivity index (χ0n) is 12.0. The first-order chi connectivity index (χ1) is 10.3. The van der Waals surface area contributed by atoms with Crippen LogP contribution < -0.4 is 14.8 Å². The Morgan fingerprint density at radius 2 is 1.62 bits per heavy atom. The molecule has 2 aromatic carbocycles. The first-order valence-corrected chi connectivity index (χ1v) is 6.74. The molecule has 0 spiro atoms. The number of benzene rings is 2. The number of hydrogen-bond acceptors (Lipinski definition) is 4. The molecule has 0 aliphatic carbocycles. The molecule has 0 atom stereocenters. The SMILES string of the molecule is COc1cccc(CNCc2cccc(OCC#N)c2)c1. The molecule has 0 unspecified atom stereocenters. The molecule has 0 aliphatic heterocycles. The highest BCUT2D eigenvalue weighted by molar-refractivity contribution is 5.30. The van der Waals surface area contributed by atoms with Gasteiger partial charge in [0.1, 0.15) is 17.6 Å². The number of methoxy groups -OCH3 is 1. The van der Waals surface area contributed by atoms with Crippen LogP contribution in [0.3, 0.4) is 0 Å². The van der Waals surface area contributed by atoms with Crippen LogP contribution in [0.15, 0.2) is 48.5 Å². The van der Waals surface area contributed by atoms with Crippen LogP contribution >= 0.6 is 0 Å². The van der Waals surface area contributed by atoms with Gasteiger partial charge in [0.15, 0.2) is 6.61 Å². The Bertz CT molecular complexity index is 620. The molecule has 1 N–H and O–H groups in total. The fourth-order valence-corrected chi connectivity index (χ4v) is 1.99. The van der Waals surface area contributed by atoms with Crippen molar-refractivity contribution in [2.75, 3.05) is 13.7 Å². The lowest BCUT2D eigenvalue weighted by atomic mass is 10.2. The Labute approximate surface area is 124 Å². The van der Waals surface area contributed by atoms with E-state index in [1.54, 1.807) is 7.11 Å². The molecule has 108 valence electrons. The summed E-state index contributed by atoms with van der Waals surface area (Å²) in [6.45, 7) is 1.57. The number of hydrogen-bond donors (Lipinski definition) is 1. The molecule has 0 aliphatic rings. The van der Waals surface area contributed by atoms with Gasteiger partial charge in [-0.25, -0.2) is 0 Å². The Morgan fingerprint density at radius 3 is 2.24 bits per heavy atom. The van der Waals surface area contributed by atoms with E-state index in [1.807, 2.05) is 48.5 Å².